The number of benzene rings is 2. The van der Waals surface area contributed by atoms with Crippen LogP contribution in [0.4, 0.5) is 20.3 Å². The van der Waals surface area contributed by atoms with Gasteiger partial charge in [-0.2, -0.15) is 5.10 Å². The Kier molecular flexibility index (Phi) is 12.2. The highest BCUT2D eigenvalue weighted by Crippen LogP contribution is 2.35. The van der Waals surface area contributed by atoms with Gasteiger partial charge >= 0.3 is 5.57 Å². The SMILES string of the molecule is O=C1CCC(N2Cc3c(SCCCCCCN4CCN(c5ncc(C(=O)Nc6ccc(OC(F)(F)Cl)cc6)cc5-c5ccn[nH]5)CC4)cccc3C2=O)C(=O)N1. The van der Waals surface area contributed by atoms with Crippen molar-refractivity contribution in [1.29, 1.82) is 0 Å². The molecule has 17 heteroatoms. The van der Waals surface area contributed by atoms with Crippen molar-refractivity contribution in [3.8, 4) is 17.0 Å². The Hall–Kier alpha value is -5.06. The molecule has 1 unspecified atom stereocenters. The first-order chi connectivity index (χ1) is 27.0. The number of aromatic nitrogens is 3. The molecular weight excluding hydrogens is 766 g/mol. The molecule has 0 aliphatic carbocycles. The van der Waals surface area contributed by atoms with Gasteiger partial charge in [0.15, 0.2) is 0 Å². The van der Waals surface area contributed by atoms with Crippen LogP contribution in [-0.4, -0.2) is 98.7 Å². The van der Waals surface area contributed by atoms with E-state index in [-0.39, 0.29) is 24.0 Å². The van der Waals surface area contributed by atoms with E-state index < -0.39 is 23.4 Å². The molecule has 13 nitrogen and oxygen atoms in total. The molecule has 3 N–H and O–H groups in total. The van der Waals surface area contributed by atoms with Crippen molar-refractivity contribution < 1.29 is 32.7 Å². The van der Waals surface area contributed by atoms with Gasteiger partial charge < -0.3 is 19.9 Å². The number of halogens is 3. The third kappa shape index (κ3) is 9.48. The Bertz CT molecular complexity index is 2060. The molecule has 1 atom stereocenters. The number of ether oxygens (including phenoxy) is 1. The van der Waals surface area contributed by atoms with Crippen LogP contribution in [0.15, 0.2) is 71.9 Å². The number of pyridine rings is 1. The quantitative estimate of drug-likeness (QED) is 0.0554. The van der Waals surface area contributed by atoms with Crippen molar-refractivity contribution in [3.63, 3.8) is 0 Å². The highest BCUT2D eigenvalue weighted by Gasteiger charge is 2.40. The number of nitrogens with one attached hydrogen (secondary N) is 3. The van der Waals surface area contributed by atoms with Crippen LogP contribution >= 0.6 is 23.4 Å². The second-order valence-electron chi connectivity index (χ2n) is 13.9. The van der Waals surface area contributed by atoms with Gasteiger partial charge in [0.25, 0.3) is 11.8 Å². The number of rotatable bonds is 15. The van der Waals surface area contributed by atoms with Crippen molar-refractivity contribution >= 4 is 58.5 Å². The number of carbonyl (C=O) groups is 4. The lowest BCUT2D eigenvalue weighted by molar-refractivity contribution is -0.136. The van der Waals surface area contributed by atoms with E-state index in [0.29, 0.717) is 29.8 Å². The number of alkyl halides is 3. The van der Waals surface area contributed by atoms with E-state index in [9.17, 15) is 28.0 Å². The molecule has 2 aromatic carbocycles. The number of thioether (sulfide) groups is 1. The molecular formula is C39H41ClF2N8O5S. The number of imide groups is 1. The third-order valence-electron chi connectivity index (χ3n) is 10.1. The lowest BCUT2D eigenvalue weighted by atomic mass is 10.0. The monoisotopic (exact) mass is 806 g/mol. The predicted octanol–water partition coefficient (Wildman–Crippen LogP) is 6.13. The Morgan fingerprint density at radius 1 is 1.00 bits per heavy atom. The summed E-state index contributed by atoms with van der Waals surface area (Å²) in [6, 6.07) is 14.2. The molecule has 4 amide bonds. The van der Waals surface area contributed by atoms with Gasteiger partial charge in [-0.05, 0) is 85.7 Å². The zero-order valence-electron chi connectivity index (χ0n) is 30.4. The first-order valence-electron chi connectivity index (χ1n) is 18.6. The van der Waals surface area contributed by atoms with Crippen molar-refractivity contribution in [3.05, 3.63) is 83.7 Å². The Balaban J connectivity index is 0.847. The molecule has 3 aliphatic rings. The van der Waals surface area contributed by atoms with Gasteiger partial charge in [-0.25, -0.2) is 4.98 Å². The molecule has 56 heavy (non-hydrogen) atoms. The van der Waals surface area contributed by atoms with Crippen molar-refractivity contribution in [2.75, 3.05) is 48.7 Å². The topological polar surface area (TPSA) is 153 Å². The maximum absolute atomic E-state index is 13.2. The maximum Gasteiger partial charge on any atom is 0.487 e. The van der Waals surface area contributed by atoms with Gasteiger partial charge in [0.2, 0.25) is 11.8 Å². The number of amides is 4. The maximum atomic E-state index is 13.2. The van der Waals surface area contributed by atoms with Gasteiger partial charge in [0.05, 0.1) is 11.3 Å². The second-order valence-corrected chi connectivity index (χ2v) is 15.4. The standard InChI is InChI=1S/C39H41ClF2N8O5S/c40-39(41,42)55-27-10-8-26(9-11-27)45-36(52)25-22-29(31-14-15-44-47-31)35(43-23-25)49-19-17-48(18-20-49)16-3-1-2-4-21-56-33-7-5-6-28-30(33)24-50(38(28)54)32-12-13-34(51)46-37(32)53/h5-11,14-15,22-23,32H,1-4,12-13,16-21,24H2,(H,44,47)(H,45,52)(H,46,51,53). The molecule has 0 saturated carbocycles. The normalized spacial score (nSPS) is 17.6. The summed E-state index contributed by atoms with van der Waals surface area (Å²) in [7, 11) is 0. The van der Waals surface area contributed by atoms with Gasteiger partial charge in [-0.1, -0.05) is 18.9 Å². The minimum Gasteiger partial charge on any atom is -0.420 e. The van der Waals surface area contributed by atoms with Crippen molar-refractivity contribution in [2.45, 2.75) is 61.6 Å². The van der Waals surface area contributed by atoms with Crippen LogP contribution < -0.4 is 20.3 Å². The Morgan fingerprint density at radius 2 is 1.79 bits per heavy atom. The molecule has 2 aromatic heterocycles. The van der Waals surface area contributed by atoms with Crippen LogP contribution in [0, 0.1) is 0 Å². The molecule has 3 aliphatic heterocycles. The minimum absolute atomic E-state index is 0.141. The highest BCUT2D eigenvalue weighted by atomic mass is 35.5. The Labute approximate surface area is 331 Å². The van der Waals surface area contributed by atoms with Gasteiger partial charge in [0.1, 0.15) is 17.6 Å². The number of anilines is 2. The van der Waals surface area contributed by atoms with Gasteiger partial charge in [0, 0.05) is 84.8 Å². The number of H-pyrrole nitrogens is 1. The Morgan fingerprint density at radius 3 is 2.52 bits per heavy atom. The summed E-state index contributed by atoms with van der Waals surface area (Å²) in [5.74, 6) is 0.304. The molecule has 7 rings (SSSR count). The fraction of sp³-hybridized carbons (Fsp3) is 0.385. The fourth-order valence-electron chi connectivity index (χ4n) is 7.23. The lowest BCUT2D eigenvalue weighted by Gasteiger charge is -2.36. The van der Waals surface area contributed by atoms with Gasteiger partial charge in [-0.3, -0.25) is 34.5 Å². The molecule has 4 aromatic rings. The molecule has 5 heterocycles. The van der Waals surface area contributed by atoms with Crippen LogP contribution in [0.3, 0.4) is 0 Å². The number of piperazine rings is 1. The summed E-state index contributed by atoms with van der Waals surface area (Å²) < 4.78 is 30.2. The summed E-state index contributed by atoms with van der Waals surface area (Å²) in [5, 5.41) is 12.2. The average Bonchev–Trinajstić information content (AvgIpc) is 3.84. The molecule has 294 valence electrons. The predicted molar refractivity (Wildman–Crippen MR) is 208 cm³/mol. The van der Waals surface area contributed by atoms with Crippen LogP contribution in [0.25, 0.3) is 11.3 Å². The summed E-state index contributed by atoms with van der Waals surface area (Å²) >= 11 is 6.58. The van der Waals surface area contributed by atoms with E-state index in [2.05, 4.69) is 35.4 Å². The summed E-state index contributed by atoms with van der Waals surface area (Å²) in [6.07, 6.45) is 8.14. The smallest absolute Gasteiger partial charge is 0.420 e. The van der Waals surface area contributed by atoms with E-state index in [1.54, 1.807) is 28.9 Å². The lowest BCUT2D eigenvalue weighted by Crippen LogP contribution is -2.52. The van der Waals surface area contributed by atoms with Crippen LogP contribution in [0.5, 0.6) is 5.75 Å². The third-order valence-corrected chi connectivity index (χ3v) is 11.4. The first kappa shape index (κ1) is 39.2. The van der Waals surface area contributed by atoms with Crippen molar-refractivity contribution in [2.24, 2.45) is 0 Å². The van der Waals surface area contributed by atoms with Crippen molar-refractivity contribution in [1.82, 2.24) is 30.3 Å². The number of nitrogens with zero attached hydrogens (tertiary/aromatic N) is 5. The summed E-state index contributed by atoms with van der Waals surface area (Å²) in [5.41, 5.74) is -0.0388. The number of carbonyl (C=O) groups excluding carboxylic acids is 4. The molecule has 2 fully saturated rings. The summed E-state index contributed by atoms with van der Waals surface area (Å²) in [6.45, 7) is 4.70. The number of piperidine rings is 1. The van der Waals surface area contributed by atoms with E-state index in [1.807, 2.05) is 24.3 Å². The molecule has 0 spiro atoms. The van der Waals surface area contributed by atoms with Crippen LogP contribution in [0.1, 0.15) is 64.8 Å². The summed E-state index contributed by atoms with van der Waals surface area (Å²) in [4.78, 5) is 62.4. The zero-order chi connectivity index (χ0) is 39.2. The van der Waals surface area contributed by atoms with E-state index in [4.69, 9.17) is 16.6 Å². The van der Waals surface area contributed by atoms with Gasteiger partial charge in [-0.15, -0.1) is 20.5 Å². The number of hydrogen-bond donors (Lipinski definition) is 3. The van der Waals surface area contributed by atoms with E-state index in [0.717, 1.165) is 91.7 Å². The first-order valence-corrected chi connectivity index (χ1v) is 19.9. The zero-order valence-corrected chi connectivity index (χ0v) is 32.0. The highest BCUT2D eigenvalue weighted by molar-refractivity contribution is 7.99. The van der Waals surface area contributed by atoms with E-state index >= 15 is 0 Å². The molecule has 2 saturated heterocycles. The minimum atomic E-state index is -3.83. The fourth-order valence-corrected chi connectivity index (χ4v) is 8.41. The number of unbranched alkanes of at least 4 members (excludes halogenated alkanes) is 3. The van der Waals surface area contributed by atoms with E-state index in [1.165, 1.54) is 30.5 Å². The average molecular weight is 807 g/mol. The largest absolute Gasteiger partial charge is 0.487 e. The van der Waals surface area contributed by atoms with Crippen LogP contribution in [-0.2, 0) is 16.1 Å². The number of fused-ring (bicyclic) bond motifs is 1. The van der Waals surface area contributed by atoms with Crippen LogP contribution in [0.2, 0.25) is 0 Å². The molecule has 0 radical (unpaired) electrons. The second kappa shape index (κ2) is 17.4. The number of hydrogen-bond acceptors (Lipinski definition) is 10. The number of aromatic amines is 1. The molecule has 0 bridgehead atoms.